The minimum absolute atomic E-state index is 0.346. The van der Waals surface area contributed by atoms with Gasteiger partial charge >= 0.3 is 13.1 Å². The molecule has 1 aliphatic heterocycles. The molecule has 1 unspecified atom stereocenters. The van der Waals surface area contributed by atoms with Gasteiger partial charge in [0.15, 0.2) is 0 Å². The van der Waals surface area contributed by atoms with Gasteiger partial charge < -0.3 is 19.2 Å². The zero-order valence-electron chi connectivity index (χ0n) is 16.7. The van der Waals surface area contributed by atoms with E-state index < -0.39 is 41.3 Å². The van der Waals surface area contributed by atoms with Crippen molar-refractivity contribution in [3.8, 4) is 5.75 Å². The van der Waals surface area contributed by atoms with Gasteiger partial charge in [0.1, 0.15) is 11.8 Å². The van der Waals surface area contributed by atoms with Gasteiger partial charge in [0.05, 0.1) is 18.3 Å². The van der Waals surface area contributed by atoms with Gasteiger partial charge in [-0.2, -0.15) is 0 Å². The predicted octanol–water partition coefficient (Wildman–Crippen LogP) is 1.83. The summed E-state index contributed by atoms with van der Waals surface area (Å²) in [5, 5.41) is 9.62. The maximum Gasteiger partial charge on any atom is 0.498 e. The molecule has 0 amide bonds. The van der Waals surface area contributed by atoms with E-state index in [9.17, 15) is 14.7 Å². The first-order chi connectivity index (χ1) is 11.7. The van der Waals surface area contributed by atoms with Crippen LogP contribution in [0.25, 0.3) is 0 Å². The molecule has 1 atom stereocenters. The third-order valence-corrected chi connectivity index (χ3v) is 5.13. The highest BCUT2D eigenvalue weighted by Crippen LogP contribution is 2.37. The summed E-state index contributed by atoms with van der Waals surface area (Å²) < 4.78 is 18.6. The fourth-order valence-corrected chi connectivity index (χ4v) is 2.98. The lowest BCUT2D eigenvalue weighted by Crippen LogP contribution is -2.43. The number of aromatic nitrogens is 1. The van der Waals surface area contributed by atoms with Crippen LogP contribution in [0.3, 0.4) is 0 Å². The second kappa shape index (κ2) is 6.42. The number of rotatable bonds is 4. The molecule has 2 rings (SSSR count). The Hall–Kier alpha value is -1.80. The summed E-state index contributed by atoms with van der Waals surface area (Å²) in [6, 6.07) is 0.305. The summed E-state index contributed by atoms with van der Waals surface area (Å²) >= 11 is 0. The molecular weight excluding hydrogens is 337 g/mol. The molecule has 0 spiro atoms. The fourth-order valence-electron chi connectivity index (χ4n) is 2.98. The van der Waals surface area contributed by atoms with E-state index in [1.807, 2.05) is 27.7 Å². The number of carboxylic acids is 1. The van der Waals surface area contributed by atoms with Crippen molar-refractivity contribution in [2.24, 2.45) is 5.41 Å². The number of carbonyl (C=O) groups is 1. The number of ether oxygens (including phenoxy) is 1. The van der Waals surface area contributed by atoms with Gasteiger partial charge in [-0.1, -0.05) is 20.8 Å². The van der Waals surface area contributed by atoms with E-state index in [1.54, 1.807) is 20.8 Å². The lowest BCUT2D eigenvalue weighted by Gasteiger charge is -2.32. The Morgan fingerprint density at radius 2 is 1.73 bits per heavy atom. The number of hydrogen-bond donors (Lipinski definition) is 1. The highest BCUT2D eigenvalue weighted by molar-refractivity contribution is 6.63. The van der Waals surface area contributed by atoms with E-state index in [4.69, 9.17) is 14.0 Å². The SMILES string of the molecule is COc1cn(C(C(=O)O)C(C)(C)C)c(=O)cc1B1OC(C)(C)C(C)(C)O1. The summed E-state index contributed by atoms with van der Waals surface area (Å²) in [6.45, 7) is 13.0. The topological polar surface area (TPSA) is 87.0 Å². The highest BCUT2D eigenvalue weighted by Gasteiger charge is 2.52. The molecule has 8 heteroatoms. The lowest BCUT2D eigenvalue weighted by molar-refractivity contribution is -0.144. The molecule has 0 radical (unpaired) electrons. The smallest absolute Gasteiger partial charge is 0.496 e. The number of carboxylic acid groups (broad SMARTS) is 1. The van der Waals surface area contributed by atoms with Gasteiger partial charge in [-0.3, -0.25) is 9.36 Å². The van der Waals surface area contributed by atoms with Crippen molar-refractivity contribution in [1.29, 1.82) is 0 Å². The van der Waals surface area contributed by atoms with Gasteiger partial charge in [-0.15, -0.1) is 0 Å². The summed E-state index contributed by atoms with van der Waals surface area (Å²) in [4.78, 5) is 24.5. The number of hydrogen-bond acceptors (Lipinski definition) is 5. The van der Waals surface area contributed by atoms with Crippen LogP contribution in [0.5, 0.6) is 5.75 Å². The highest BCUT2D eigenvalue weighted by atomic mass is 16.7. The molecular formula is C18H28BNO6. The Morgan fingerprint density at radius 1 is 1.23 bits per heavy atom. The first-order valence-corrected chi connectivity index (χ1v) is 8.60. The average molecular weight is 365 g/mol. The van der Waals surface area contributed by atoms with Crippen LogP contribution >= 0.6 is 0 Å². The number of aliphatic carboxylic acids is 1. The zero-order valence-corrected chi connectivity index (χ0v) is 16.7. The van der Waals surface area contributed by atoms with Gasteiger partial charge in [0, 0.05) is 17.7 Å². The van der Waals surface area contributed by atoms with E-state index in [-0.39, 0.29) is 0 Å². The molecule has 2 heterocycles. The number of pyridine rings is 1. The van der Waals surface area contributed by atoms with Crippen molar-refractivity contribution in [1.82, 2.24) is 4.57 Å². The maximum atomic E-state index is 12.7. The Kier molecular flexibility index (Phi) is 5.07. The third kappa shape index (κ3) is 3.53. The molecule has 0 aromatic carbocycles. The van der Waals surface area contributed by atoms with Crippen LogP contribution in [-0.4, -0.2) is 41.1 Å². The minimum atomic E-state index is -1.08. The van der Waals surface area contributed by atoms with Crippen molar-refractivity contribution in [3.05, 3.63) is 22.6 Å². The molecule has 0 bridgehead atoms. The quantitative estimate of drug-likeness (QED) is 0.820. The first-order valence-electron chi connectivity index (χ1n) is 8.60. The van der Waals surface area contributed by atoms with Crippen molar-refractivity contribution in [3.63, 3.8) is 0 Å². The molecule has 0 saturated carbocycles. The van der Waals surface area contributed by atoms with Crippen LogP contribution in [0.15, 0.2) is 17.1 Å². The normalized spacial score (nSPS) is 20.1. The molecule has 1 aliphatic rings. The van der Waals surface area contributed by atoms with Gasteiger partial charge in [0.2, 0.25) is 0 Å². The molecule has 0 aliphatic carbocycles. The van der Waals surface area contributed by atoms with Crippen LogP contribution in [-0.2, 0) is 14.1 Å². The summed E-state index contributed by atoms with van der Waals surface area (Å²) in [7, 11) is 0.696. The standard InChI is InChI=1S/C18H28BNO6/c1-16(2,3)14(15(22)23)20-10-12(24-8)11(9-13(20)21)19-25-17(4,5)18(6,7)26-19/h9-10,14H,1-8H3,(H,22,23). The second-order valence-electron chi connectivity index (χ2n) is 8.74. The Morgan fingerprint density at radius 3 is 2.12 bits per heavy atom. The maximum absolute atomic E-state index is 12.7. The van der Waals surface area contributed by atoms with Crippen molar-refractivity contribution in [2.75, 3.05) is 7.11 Å². The Balaban J connectivity index is 2.56. The summed E-state index contributed by atoms with van der Waals surface area (Å²) in [6.07, 6.45) is 1.42. The van der Waals surface area contributed by atoms with Crippen LogP contribution in [0.1, 0.15) is 54.5 Å². The van der Waals surface area contributed by atoms with Crippen LogP contribution < -0.4 is 15.8 Å². The van der Waals surface area contributed by atoms with Crippen molar-refractivity contribution < 1.29 is 23.9 Å². The van der Waals surface area contributed by atoms with Crippen molar-refractivity contribution in [2.45, 2.75) is 65.7 Å². The van der Waals surface area contributed by atoms with E-state index in [0.29, 0.717) is 11.2 Å². The number of methoxy groups -OCH3 is 1. The summed E-state index contributed by atoms with van der Waals surface area (Å²) in [5.74, 6) is -0.733. The second-order valence-corrected chi connectivity index (χ2v) is 8.74. The minimum Gasteiger partial charge on any atom is -0.496 e. The average Bonchev–Trinajstić information content (AvgIpc) is 2.67. The molecule has 144 valence electrons. The van der Waals surface area contributed by atoms with Crippen LogP contribution in [0.4, 0.5) is 0 Å². The van der Waals surface area contributed by atoms with E-state index >= 15 is 0 Å². The molecule has 1 aromatic heterocycles. The van der Waals surface area contributed by atoms with E-state index in [1.165, 1.54) is 23.9 Å². The predicted molar refractivity (Wildman–Crippen MR) is 99.1 cm³/mol. The third-order valence-electron chi connectivity index (χ3n) is 5.13. The lowest BCUT2D eigenvalue weighted by atomic mass is 9.78. The first kappa shape index (κ1) is 20.5. The van der Waals surface area contributed by atoms with Gasteiger partial charge in [0.25, 0.3) is 5.56 Å². The molecule has 7 nitrogen and oxygen atoms in total. The largest absolute Gasteiger partial charge is 0.498 e. The fraction of sp³-hybridized carbons (Fsp3) is 0.667. The Labute approximate surface area is 154 Å². The summed E-state index contributed by atoms with van der Waals surface area (Å²) in [5.41, 5.74) is -1.78. The Bertz CT molecular complexity index is 746. The molecule has 26 heavy (non-hydrogen) atoms. The number of nitrogens with zero attached hydrogens (tertiary/aromatic N) is 1. The van der Waals surface area contributed by atoms with Crippen LogP contribution in [0, 0.1) is 5.41 Å². The van der Waals surface area contributed by atoms with E-state index in [2.05, 4.69) is 0 Å². The van der Waals surface area contributed by atoms with Gasteiger partial charge in [-0.05, 0) is 33.1 Å². The zero-order chi connectivity index (χ0) is 20.1. The van der Waals surface area contributed by atoms with Gasteiger partial charge in [-0.25, -0.2) is 4.79 Å². The molecule has 1 saturated heterocycles. The van der Waals surface area contributed by atoms with Crippen LogP contribution in [0.2, 0.25) is 0 Å². The van der Waals surface area contributed by atoms with E-state index in [0.717, 1.165) is 0 Å². The molecule has 1 aromatic rings. The van der Waals surface area contributed by atoms with Crippen molar-refractivity contribution >= 4 is 18.6 Å². The molecule has 1 fully saturated rings. The molecule has 1 N–H and O–H groups in total. The monoisotopic (exact) mass is 365 g/mol.